The zero-order chi connectivity index (χ0) is 13.2. The lowest BCUT2D eigenvalue weighted by atomic mass is 10.3. The summed E-state index contributed by atoms with van der Waals surface area (Å²) in [4.78, 5) is 13.1. The molecule has 1 amide bonds. The van der Waals surface area contributed by atoms with Gasteiger partial charge in [-0.25, -0.2) is 8.42 Å². The van der Waals surface area contributed by atoms with E-state index in [1.807, 2.05) is 6.92 Å². The van der Waals surface area contributed by atoms with E-state index < -0.39 is 15.3 Å². The van der Waals surface area contributed by atoms with E-state index >= 15 is 0 Å². The van der Waals surface area contributed by atoms with Crippen LogP contribution in [0.3, 0.4) is 0 Å². The zero-order valence-corrected chi connectivity index (χ0v) is 11.6. The van der Waals surface area contributed by atoms with Crippen LogP contribution in [0, 0.1) is 0 Å². The van der Waals surface area contributed by atoms with E-state index in [1.54, 1.807) is 14.1 Å². The molecule has 1 saturated heterocycles. The summed E-state index contributed by atoms with van der Waals surface area (Å²) in [6, 6.07) is -0.105. The van der Waals surface area contributed by atoms with Crippen molar-refractivity contribution in [2.75, 3.05) is 33.7 Å². The van der Waals surface area contributed by atoms with Crippen molar-refractivity contribution in [3.8, 4) is 0 Å². The molecule has 0 bridgehead atoms. The number of piperazine rings is 1. The van der Waals surface area contributed by atoms with Gasteiger partial charge in [-0.3, -0.25) is 4.79 Å². The molecule has 1 heterocycles. The first-order chi connectivity index (χ1) is 7.78. The van der Waals surface area contributed by atoms with Gasteiger partial charge in [0.15, 0.2) is 5.25 Å². The number of carbonyl (C=O) groups is 1. The first-order valence-corrected chi connectivity index (χ1v) is 7.21. The Morgan fingerprint density at radius 3 is 2.53 bits per heavy atom. The van der Waals surface area contributed by atoms with Crippen LogP contribution >= 0.6 is 0 Å². The SMILES string of the molecule is CC(C(=O)N(C)C)S(=O)(=O)N1CCNC[C@H]1C. The summed E-state index contributed by atoms with van der Waals surface area (Å²) in [5.74, 6) is -0.379. The van der Waals surface area contributed by atoms with Gasteiger partial charge in [0, 0.05) is 39.8 Å². The Balaban J connectivity index is 2.90. The highest BCUT2D eigenvalue weighted by molar-refractivity contribution is 7.90. The first-order valence-electron chi connectivity index (χ1n) is 5.71. The zero-order valence-electron chi connectivity index (χ0n) is 10.8. The number of hydrogen-bond acceptors (Lipinski definition) is 4. The molecule has 0 spiro atoms. The molecule has 100 valence electrons. The smallest absolute Gasteiger partial charge is 0.241 e. The molecule has 0 aromatic heterocycles. The van der Waals surface area contributed by atoms with Crippen LogP contribution < -0.4 is 5.32 Å². The summed E-state index contributed by atoms with van der Waals surface area (Å²) >= 11 is 0. The van der Waals surface area contributed by atoms with Crippen LogP contribution in [-0.4, -0.2) is 68.6 Å². The number of carbonyl (C=O) groups excluding carboxylic acids is 1. The lowest BCUT2D eigenvalue weighted by molar-refractivity contribution is -0.128. The van der Waals surface area contributed by atoms with Gasteiger partial charge >= 0.3 is 0 Å². The lowest BCUT2D eigenvalue weighted by Gasteiger charge is -2.34. The van der Waals surface area contributed by atoms with Gasteiger partial charge in [-0.15, -0.1) is 0 Å². The van der Waals surface area contributed by atoms with Crippen molar-refractivity contribution in [1.82, 2.24) is 14.5 Å². The van der Waals surface area contributed by atoms with Crippen LogP contribution in [0.25, 0.3) is 0 Å². The van der Waals surface area contributed by atoms with E-state index in [1.165, 1.54) is 16.1 Å². The third-order valence-corrected chi connectivity index (χ3v) is 5.29. The minimum Gasteiger partial charge on any atom is -0.348 e. The van der Waals surface area contributed by atoms with E-state index in [4.69, 9.17) is 0 Å². The largest absolute Gasteiger partial charge is 0.348 e. The van der Waals surface area contributed by atoms with E-state index in [0.717, 1.165) is 0 Å². The van der Waals surface area contributed by atoms with Crippen LogP contribution in [-0.2, 0) is 14.8 Å². The molecule has 1 N–H and O–H groups in total. The molecule has 6 nitrogen and oxygen atoms in total. The molecule has 1 rings (SSSR count). The van der Waals surface area contributed by atoms with Crippen molar-refractivity contribution in [3.63, 3.8) is 0 Å². The average Bonchev–Trinajstić information content (AvgIpc) is 2.27. The van der Waals surface area contributed by atoms with Crippen molar-refractivity contribution in [1.29, 1.82) is 0 Å². The van der Waals surface area contributed by atoms with E-state index in [2.05, 4.69) is 5.32 Å². The highest BCUT2D eigenvalue weighted by Crippen LogP contribution is 2.15. The van der Waals surface area contributed by atoms with Crippen LogP contribution in [0.5, 0.6) is 0 Å². The molecule has 1 fully saturated rings. The molecule has 2 atom stereocenters. The fourth-order valence-electron chi connectivity index (χ4n) is 1.89. The molecular weight excluding hydrogens is 242 g/mol. The van der Waals surface area contributed by atoms with E-state index in [9.17, 15) is 13.2 Å². The highest BCUT2D eigenvalue weighted by Gasteiger charge is 2.37. The molecule has 17 heavy (non-hydrogen) atoms. The Morgan fingerprint density at radius 1 is 1.47 bits per heavy atom. The average molecular weight is 263 g/mol. The second kappa shape index (κ2) is 5.32. The summed E-state index contributed by atoms with van der Waals surface area (Å²) < 4.78 is 26.0. The maximum atomic E-state index is 12.3. The summed E-state index contributed by atoms with van der Waals surface area (Å²) in [7, 11) is -0.423. The number of amides is 1. The van der Waals surface area contributed by atoms with Gasteiger partial charge in [-0.05, 0) is 13.8 Å². The van der Waals surface area contributed by atoms with Gasteiger partial charge in [0.25, 0.3) is 0 Å². The second-order valence-electron chi connectivity index (χ2n) is 4.58. The lowest BCUT2D eigenvalue weighted by Crippen LogP contribution is -2.56. The minimum atomic E-state index is -3.55. The first kappa shape index (κ1) is 14.4. The predicted octanol–water partition coefficient (Wildman–Crippen LogP) is -0.913. The Labute approximate surface area is 103 Å². The van der Waals surface area contributed by atoms with Crippen LogP contribution in [0.1, 0.15) is 13.8 Å². The Morgan fingerprint density at radius 2 is 2.06 bits per heavy atom. The fraction of sp³-hybridized carbons (Fsp3) is 0.900. The number of nitrogens with one attached hydrogen (secondary N) is 1. The number of rotatable bonds is 3. The molecule has 0 radical (unpaired) electrons. The van der Waals surface area contributed by atoms with Gasteiger partial charge in [0.2, 0.25) is 15.9 Å². The normalized spacial score (nSPS) is 24.4. The van der Waals surface area contributed by atoms with Crippen LogP contribution in [0.4, 0.5) is 0 Å². The Hall–Kier alpha value is -0.660. The third kappa shape index (κ3) is 2.97. The summed E-state index contributed by atoms with van der Waals surface area (Å²) in [6.45, 7) is 4.98. The molecule has 0 saturated carbocycles. The maximum Gasteiger partial charge on any atom is 0.241 e. The molecule has 0 aromatic carbocycles. The quantitative estimate of drug-likeness (QED) is 0.715. The Bertz CT molecular complexity index is 380. The number of nitrogens with zero attached hydrogens (tertiary/aromatic N) is 2. The summed E-state index contributed by atoms with van der Waals surface area (Å²) in [6.07, 6.45) is 0. The van der Waals surface area contributed by atoms with Crippen molar-refractivity contribution < 1.29 is 13.2 Å². The topological polar surface area (TPSA) is 69.7 Å². The van der Waals surface area contributed by atoms with Crippen molar-refractivity contribution in [2.45, 2.75) is 25.1 Å². The van der Waals surface area contributed by atoms with Gasteiger partial charge in [0.1, 0.15) is 0 Å². The van der Waals surface area contributed by atoms with Crippen molar-refractivity contribution >= 4 is 15.9 Å². The molecule has 1 unspecified atom stereocenters. The highest BCUT2D eigenvalue weighted by atomic mass is 32.2. The Kier molecular flexibility index (Phi) is 4.51. The number of hydrogen-bond donors (Lipinski definition) is 1. The molecule has 0 aromatic rings. The molecule has 1 aliphatic rings. The second-order valence-corrected chi connectivity index (χ2v) is 6.79. The summed E-state index contributed by atoms with van der Waals surface area (Å²) in [5, 5.41) is 2.11. The monoisotopic (exact) mass is 263 g/mol. The molecular formula is C10H21N3O3S. The molecule has 0 aliphatic carbocycles. The van der Waals surface area contributed by atoms with E-state index in [0.29, 0.717) is 19.6 Å². The standard InChI is InChI=1S/C10H21N3O3S/c1-8-7-11-5-6-13(8)17(15,16)9(2)10(14)12(3)4/h8-9,11H,5-7H2,1-4H3/t8-,9?/m1/s1. The predicted molar refractivity (Wildman–Crippen MR) is 66.1 cm³/mol. The van der Waals surface area contributed by atoms with Crippen LogP contribution in [0.2, 0.25) is 0 Å². The van der Waals surface area contributed by atoms with Crippen LogP contribution in [0.15, 0.2) is 0 Å². The minimum absolute atomic E-state index is 0.105. The maximum absolute atomic E-state index is 12.3. The molecule has 7 heteroatoms. The third-order valence-electron chi connectivity index (χ3n) is 3.00. The van der Waals surface area contributed by atoms with E-state index in [-0.39, 0.29) is 11.9 Å². The number of sulfonamides is 1. The van der Waals surface area contributed by atoms with Gasteiger partial charge < -0.3 is 10.2 Å². The van der Waals surface area contributed by atoms with Crippen molar-refractivity contribution in [3.05, 3.63) is 0 Å². The van der Waals surface area contributed by atoms with Crippen molar-refractivity contribution in [2.24, 2.45) is 0 Å². The summed E-state index contributed by atoms with van der Waals surface area (Å²) in [5.41, 5.74) is 0. The van der Waals surface area contributed by atoms with Gasteiger partial charge in [-0.1, -0.05) is 0 Å². The van der Waals surface area contributed by atoms with Gasteiger partial charge in [-0.2, -0.15) is 4.31 Å². The van der Waals surface area contributed by atoms with Gasteiger partial charge in [0.05, 0.1) is 0 Å². The molecule has 1 aliphatic heterocycles. The fourth-order valence-corrected chi connectivity index (χ4v) is 3.69.